The van der Waals surface area contributed by atoms with E-state index in [1.165, 1.54) is 24.0 Å². The minimum atomic E-state index is -1.00. The molecule has 0 aliphatic carbocycles. The van der Waals surface area contributed by atoms with Crippen molar-refractivity contribution in [3.63, 3.8) is 0 Å². The normalized spacial score (nSPS) is 11.1. The summed E-state index contributed by atoms with van der Waals surface area (Å²) >= 11 is 1.29. The third-order valence-corrected chi connectivity index (χ3v) is 3.18. The molecule has 100 valence electrons. The number of aliphatic imine (C=N–C) groups is 1. The lowest BCUT2D eigenvalue weighted by Gasteiger charge is -2.06. The van der Waals surface area contributed by atoms with Crippen molar-refractivity contribution >= 4 is 39.4 Å². The van der Waals surface area contributed by atoms with Gasteiger partial charge in [0.15, 0.2) is 11.4 Å². The van der Waals surface area contributed by atoms with Crippen LogP contribution in [0.25, 0.3) is 10.8 Å². The van der Waals surface area contributed by atoms with Crippen molar-refractivity contribution < 1.29 is 9.90 Å². The molecule has 0 fully saturated rings. The number of rotatable bonds is 2. The van der Waals surface area contributed by atoms with Crippen molar-refractivity contribution in [1.82, 2.24) is 10.3 Å². The molecule has 0 bridgehead atoms. The van der Waals surface area contributed by atoms with Crippen LogP contribution < -0.4 is 5.32 Å². The third-order valence-electron chi connectivity index (χ3n) is 2.60. The van der Waals surface area contributed by atoms with Gasteiger partial charge in [-0.1, -0.05) is 11.8 Å². The van der Waals surface area contributed by atoms with E-state index in [0.29, 0.717) is 21.6 Å². The monoisotopic (exact) mass is 286 g/mol. The number of pyridine rings is 1. The van der Waals surface area contributed by atoms with Crippen molar-refractivity contribution in [2.45, 2.75) is 0 Å². The number of nitriles is 1. The lowest BCUT2D eigenvalue weighted by Crippen LogP contribution is -2.12. The number of carboxylic acid groups (broad SMARTS) is 1. The second-order valence-electron chi connectivity index (χ2n) is 3.72. The number of hydrogen-bond donors (Lipinski definition) is 2. The molecule has 0 aliphatic heterocycles. The Morgan fingerprint density at radius 1 is 1.45 bits per heavy atom. The minimum Gasteiger partial charge on any atom is -0.478 e. The van der Waals surface area contributed by atoms with Gasteiger partial charge in [-0.05, 0) is 24.5 Å². The Kier molecular flexibility index (Phi) is 4.17. The first-order chi connectivity index (χ1) is 9.67. The molecule has 7 heteroatoms. The molecule has 2 rings (SSSR count). The summed E-state index contributed by atoms with van der Waals surface area (Å²) in [5, 5.41) is 21.9. The number of nitrogens with one attached hydrogen (secondary N) is 1. The Balaban J connectivity index is 2.65. The maximum absolute atomic E-state index is 11.2. The van der Waals surface area contributed by atoms with E-state index < -0.39 is 5.97 Å². The van der Waals surface area contributed by atoms with Gasteiger partial charge in [-0.15, -0.1) is 0 Å². The van der Waals surface area contributed by atoms with E-state index in [4.69, 9.17) is 5.26 Å². The Morgan fingerprint density at radius 2 is 2.25 bits per heavy atom. The molecule has 1 aromatic carbocycles. The van der Waals surface area contributed by atoms with Crippen LogP contribution in [0.5, 0.6) is 0 Å². The molecular weight excluding hydrogens is 276 g/mol. The zero-order valence-corrected chi connectivity index (χ0v) is 11.3. The molecule has 0 spiro atoms. The fourth-order valence-corrected chi connectivity index (χ4v) is 2.08. The second-order valence-corrected chi connectivity index (χ2v) is 4.51. The summed E-state index contributed by atoms with van der Waals surface area (Å²) in [6.07, 6.45) is 6.69. The summed E-state index contributed by atoms with van der Waals surface area (Å²) in [7, 11) is 0. The standard InChI is InChI=1S/C13H10N4O2S/c1-20-13(16-7-14)17-11-3-2-9(12(18)19)8-4-5-15-6-10(8)11/h2-6H,1H3,(H,16,17)(H,18,19). The van der Waals surface area contributed by atoms with Crippen LogP contribution in [0.4, 0.5) is 5.69 Å². The van der Waals surface area contributed by atoms with Gasteiger partial charge in [0.2, 0.25) is 0 Å². The van der Waals surface area contributed by atoms with Crippen LogP contribution in [0.15, 0.2) is 35.6 Å². The van der Waals surface area contributed by atoms with E-state index >= 15 is 0 Å². The quantitative estimate of drug-likeness (QED) is 0.380. The van der Waals surface area contributed by atoms with Gasteiger partial charge >= 0.3 is 5.97 Å². The molecule has 0 saturated heterocycles. The predicted octanol–water partition coefficient (Wildman–Crippen LogP) is 2.35. The predicted molar refractivity (Wildman–Crippen MR) is 78.1 cm³/mol. The van der Waals surface area contributed by atoms with Crippen molar-refractivity contribution in [1.29, 1.82) is 5.26 Å². The average molecular weight is 286 g/mol. The fraction of sp³-hybridized carbons (Fsp3) is 0.0769. The maximum atomic E-state index is 11.2. The largest absolute Gasteiger partial charge is 0.478 e. The topological polar surface area (TPSA) is 98.4 Å². The smallest absolute Gasteiger partial charge is 0.336 e. The van der Waals surface area contributed by atoms with Gasteiger partial charge in [-0.3, -0.25) is 10.3 Å². The number of aromatic nitrogens is 1. The Bertz CT molecular complexity index is 737. The van der Waals surface area contributed by atoms with Crippen LogP contribution in [0.3, 0.4) is 0 Å². The van der Waals surface area contributed by atoms with Crippen LogP contribution >= 0.6 is 11.8 Å². The number of carboxylic acids is 1. The third kappa shape index (κ3) is 2.70. The number of fused-ring (bicyclic) bond motifs is 1. The molecule has 0 radical (unpaired) electrons. The fourth-order valence-electron chi connectivity index (χ4n) is 1.74. The molecule has 1 heterocycles. The van der Waals surface area contributed by atoms with Crippen LogP contribution in [-0.4, -0.2) is 27.5 Å². The van der Waals surface area contributed by atoms with Crippen LogP contribution in [0.1, 0.15) is 10.4 Å². The summed E-state index contributed by atoms with van der Waals surface area (Å²) in [5.41, 5.74) is 0.755. The van der Waals surface area contributed by atoms with E-state index in [1.807, 2.05) is 0 Å². The SMILES string of the molecule is CSC(=Nc1ccc(C(=O)O)c2ccncc12)NC#N. The maximum Gasteiger partial charge on any atom is 0.336 e. The molecule has 0 atom stereocenters. The average Bonchev–Trinajstić information content (AvgIpc) is 2.46. The Hall–Kier alpha value is -2.59. The van der Waals surface area contributed by atoms with E-state index in [0.717, 1.165) is 0 Å². The highest BCUT2D eigenvalue weighted by Gasteiger charge is 2.11. The zero-order valence-electron chi connectivity index (χ0n) is 10.5. The number of thioether (sulfide) groups is 1. The molecule has 2 N–H and O–H groups in total. The first-order valence-electron chi connectivity index (χ1n) is 5.55. The summed E-state index contributed by atoms with van der Waals surface area (Å²) < 4.78 is 0. The zero-order chi connectivity index (χ0) is 14.5. The number of amidine groups is 1. The summed E-state index contributed by atoms with van der Waals surface area (Å²) in [4.78, 5) is 19.5. The highest BCUT2D eigenvalue weighted by molar-refractivity contribution is 8.13. The lowest BCUT2D eigenvalue weighted by molar-refractivity contribution is 0.0699. The molecule has 0 amide bonds. The van der Waals surface area contributed by atoms with E-state index in [9.17, 15) is 9.90 Å². The molecule has 1 aromatic heterocycles. The van der Waals surface area contributed by atoms with Crippen LogP contribution in [0, 0.1) is 11.5 Å². The summed E-state index contributed by atoms with van der Waals surface area (Å²) in [5.74, 6) is -1.00. The summed E-state index contributed by atoms with van der Waals surface area (Å²) in [6, 6.07) is 4.73. The first-order valence-corrected chi connectivity index (χ1v) is 6.77. The molecule has 6 nitrogen and oxygen atoms in total. The van der Waals surface area contributed by atoms with Gasteiger partial charge < -0.3 is 5.11 Å². The Morgan fingerprint density at radius 3 is 2.90 bits per heavy atom. The molecule has 20 heavy (non-hydrogen) atoms. The Labute approximate surface area is 119 Å². The first kappa shape index (κ1) is 13.8. The number of hydrogen-bond acceptors (Lipinski definition) is 5. The number of carbonyl (C=O) groups is 1. The molecule has 0 saturated carbocycles. The number of benzene rings is 1. The molecule has 0 unspecified atom stereocenters. The van der Waals surface area contributed by atoms with Crippen molar-refractivity contribution in [3.8, 4) is 6.19 Å². The van der Waals surface area contributed by atoms with E-state index in [-0.39, 0.29) is 5.56 Å². The van der Waals surface area contributed by atoms with Gasteiger partial charge in [-0.25, -0.2) is 9.79 Å². The van der Waals surface area contributed by atoms with Crippen molar-refractivity contribution in [2.75, 3.05) is 6.26 Å². The van der Waals surface area contributed by atoms with E-state index in [2.05, 4.69) is 15.3 Å². The van der Waals surface area contributed by atoms with Gasteiger partial charge in [0, 0.05) is 23.2 Å². The van der Waals surface area contributed by atoms with Gasteiger partial charge in [0.1, 0.15) is 0 Å². The van der Waals surface area contributed by atoms with Gasteiger partial charge in [0.25, 0.3) is 0 Å². The van der Waals surface area contributed by atoms with Crippen LogP contribution in [-0.2, 0) is 0 Å². The lowest BCUT2D eigenvalue weighted by atomic mass is 10.1. The van der Waals surface area contributed by atoms with Crippen molar-refractivity contribution in [3.05, 3.63) is 36.2 Å². The van der Waals surface area contributed by atoms with Gasteiger partial charge in [0.05, 0.1) is 11.3 Å². The molecular formula is C13H10N4O2S. The van der Waals surface area contributed by atoms with E-state index in [1.54, 1.807) is 30.8 Å². The molecule has 2 aromatic rings. The second kappa shape index (κ2) is 6.04. The van der Waals surface area contributed by atoms with Crippen molar-refractivity contribution in [2.24, 2.45) is 4.99 Å². The van der Waals surface area contributed by atoms with Gasteiger partial charge in [-0.2, -0.15) is 5.26 Å². The number of nitrogens with zero attached hydrogens (tertiary/aromatic N) is 3. The highest BCUT2D eigenvalue weighted by atomic mass is 32.2. The molecule has 0 aliphatic rings. The summed E-state index contributed by atoms with van der Waals surface area (Å²) in [6.45, 7) is 0. The highest BCUT2D eigenvalue weighted by Crippen LogP contribution is 2.28. The minimum absolute atomic E-state index is 0.195. The van der Waals surface area contributed by atoms with Crippen LogP contribution in [0.2, 0.25) is 0 Å². The number of aromatic carboxylic acids is 1.